The van der Waals surface area contributed by atoms with Gasteiger partial charge < -0.3 is 19.9 Å². The number of nitrogens with two attached hydrogens (primary N) is 1. The van der Waals surface area contributed by atoms with Gasteiger partial charge in [0.1, 0.15) is 22.0 Å². The minimum absolute atomic E-state index is 0.00775. The van der Waals surface area contributed by atoms with Gasteiger partial charge in [0.15, 0.2) is 0 Å². The molecular formula is C27H25N3O5S. The molecule has 1 aliphatic rings. The molecule has 36 heavy (non-hydrogen) atoms. The molecule has 0 fully saturated rings. The maximum Gasteiger partial charge on any atom is 0.337 e. The first kappa shape index (κ1) is 24.8. The predicted octanol–water partition coefficient (Wildman–Crippen LogP) is 2.31. The van der Waals surface area contributed by atoms with E-state index < -0.39 is 17.4 Å². The molecule has 2 aromatic carbocycles. The number of hydrogen-bond donors (Lipinski definition) is 1. The highest BCUT2D eigenvalue weighted by molar-refractivity contribution is 7.07. The summed E-state index contributed by atoms with van der Waals surface area (Å²) in [5, 5.41) is 10.0. The van der Waals surface area contributed by atoms with E-state index >= 15 is 0 Å². The number of nitriles is 1. The standard InChI is InChI=1S/C27H25N3O5S/c1-4-34-18-10-6-16(7-11-18)14-21-25(31)30-24(29)20(15-28)22(23(26(30)36-21)27(32)33-3)17-8-12-19(13-9-17)35-5-2/h6-14,22H,4-5,29H2,1-3H3/b21-14+. The van der Waals surface area contributed by atoms with Crippen molar-refractivity contribution in [2.24, 2.45) is 5.73 Å². The van der Waals surface area contributed by atoms with Crippen LogP contribution < -0.4 is 30.0 Å². The molecule has 184 valence electrons. The molecule has 9 heteroatoms. The Kier molecular flexibility index (Phi) is 7.27. The van der Waals surface area contributed by atoms with Crippen molar-refractivity contribution >= 4 is 34.8 Å². The highest BCUT2D eigenvalue weighted by Gasteiger charge is 2.36. The number of fused-ring (bicyclic) bond motifs is 1. The number of ether oxygens (including phenoxy) is 3. The molecule has 8 nitrogen and oxygen atoms in total. The molecule has 0 aliphatic carbocycles. The molecule has 1 aliphatic heterocycles. The summed E-state index contributed by atoms with van der Waals surface area (Å²) in [6, 6.07) is 16.5. The lowest BCUT2D eigenvalue weighted by atomic mass is 9.84. The zero-order chi connectivity index (χ0) is 25.8. The van der Waals surface area contributed by atoms with E-state index in [2.05, 4.69) is 6.07 Å². The number of thiazole rings is 1. The summed E-state index contributed by atoms with van der Waals surface area (Å²) in [7, 11) is 1.27. The number of carbonyl (C=O) groups excluding carboxylic acids is 1. The fraction of sp³-hybridized carbons (Fsp3) is 0.222. The highest BCUT2D eigenvalue weighted by Crippen LogP contribution is 2.37. The Labute approximate surface area is 211 Å². The maximum absolute atomic E-state index is 13.4. The Bertz CT molecular complexity index is 1540. The van der Waals surface area contributed by atoms with Crippen molar-refractivity contribution in [1.29, 1.82) is 5.26 Å². The quantitative estimate of drug-likeness (QED) is 0.492. The molecule has 4 rings (SSSR count). The third-order valence-corrected chi connectivity index (χ3v) is 6.80. The molecule has 1 unspecified atom stereocenters. The molecule has 0 spiro atoms. The molecule has 0 radical (unpaired) electrons. The van der Waals surface area contributed by atoms with Crippen molar-refractivity contribution in [2.75, 3.05) is 20.3 Å². The molecule has 1 atom stereocenters. The van der Waals surface area contributed by atoms with E-state index in [1.807, 2.05) is 38.1 Å². The smallest absolute Gasteiger partial charge is 0.337 e. The van der Waals surface area contributed by atoms with Crippen LogP contribution in [0.15, 0.2) is 58.9 Å². The van der Waals surface area contributed by atoms with Gasteiger partial charge in [-0.25, -0.2) is 4.79 Å². The lowest BCUT2D eigenvalue weighted by Crippen LogP contribution is -2.40. The third-order valence-electron chi connectivity index (χ3n) is 5.69. The summed E-state index contributed by atoms with van der Waals surface area (Å²) in [5.41, 5.74) is 7.67. The zero-order valence-electron chi connectivity index (χ0n) is 20.1. The number of rotatable bonds is 7. The lowest BCUT2D eigenvalue weighted by molar-refractivity contribution is -0.134. The van der Waals surface area contributed by atoms with Gasteiger partial charge in [-0.15, -0.1) is 11.3 Å². The van der Waals surface area contributed by atoms with Crippen LogP contribution in [0.2, 0.25) is 0 Å². The maximum atomic E-state index is 13.4. The van der Waals surface area contributed by atoms with Gasteiger partial charge in [0, 0.05) is 0 Å². The SMILES string of the molecule is CCOc1ccc(/C=c2/sc3n(c2=O)C(N)=C(C#N)C(c2ccc(OCC)cc2)C=3C(=O)OC)cc1. The van der Waals surface area contributed by atoms with Crippen LogP contribution >= 0.6 is 11.3 Å². The second kappa shape index (κ2) is 10.5. The van der Waals surface area contributed by atoms with Crippen LogP contribution in [0, 0.1) is 11.3 Å². The number of methoxy groups -OCH3 is 1. The van der Waals surface area contributed by atoms with Crippen LogP contribution in [0.4, 0.5) is 0 Å². The predicted molar refractivity (Wildman–Crippen MR) is 138 cm³/mol. The largest absolute Gasteiger partial charge is 0.494 e. The van der Waals surface area contributed by atoms with E-state index in [0.717, 1.165) is 22.6 Å². The van der Waals surface area contributed by atoms with E-state index in [-0.39, 0.29) is 17.0 Å². The van der Waals surface area contributed by atoms with Gasteiger partial charge in [0.25, 0.3) is 5.56 Å². The Morgan fingerprint density at radius 3 is 2.19 bits per heavy atom. The monoisotopic (exact) mass is 503 g/mol. The zero-order valence-corrected chi connectivity index (χ0v) is 20.9. The Morgan fingerprint density at radius 1 is 1.08 bits per heavy atom. The van der Waals surface area contributed by atoms with Crippen molar-refractivity contribution in [3.63, 3.8) is 0 Å². The summed E-state index contributed by atoms with van der Waals surface area (Å²) in [6.07, 6.45) is 1.72. The fourth-order valence-corrected chi connectivity index (χ4v) is 5.25. The average Bonchev–Trinajstić information content (AvgIpc) is 3.21. The topological polar surface area (TPSA) is 117 Å². The normalized spacial score (nSPS) is 15.3. The first-order valence-corrected chi connectivity index (χ1v) is 12.2. The fourth-order valence-electron chi connectivity index (χ4n) is 4.09. The molecular weight excluding hydrogens is 478 g/mol. The molecule has 0 saturated heterocycles. The van der Waals surface area contributed by atoms with Gasteiger partial charge in [-0.2, -0.15) is 5.26 Å². The molecule has 0 amide bonds. The van der Waals surface area contributed by atoms with E-state index in [9.17, 15) is 14.9 Å². The van der Waals surface area contributed by atoms with Crippen molar-refractivity contribution in [1.82, 2.24) is 4.57 Å². The minimum atomic E-state index is -0.797. The van der Waals surface area contributed by atoms with Crippen LogP contribution in [0.3, 0.4) is 0 Å². The number of esters is 1. The van der Waals surface area contributed by atoms with Crippen molar-refractivity contribution < 1.29 is 19.0 Å². The van der Waals surface area contributed by atoms with Gasteiger partial charge in [-0.05, 0) is 55.3 Å². The average molecular weight is 504 g/mol. The molecule has 2 heterocycles. The first-order valence-electron chi connectivity index (χ1n) is 11.3. The second-order valence-electron chi connectivity index (χ2n) is 7.81. The number of benzene rings is 2. The lowest BCUT2D eigenvalue weighted by Gasteiger charge is -2.24. The van der Waals surface area contributed by atoms with Gasteiger partial charge in [0.05, 0.1) is 48.0 Å². The Hall–Kier alpha value is -4.29. The third kappa shape index (κ3) is 4.51. The Morgan fingerprint density at radius 2 is 1.67 bits per heavy atom. The van der Waals surface area contributed by atoms with Crippen LogP contribution in [-0.4, -0.2) is 30.9 Å². The van der Waals surface area contributed by atoms with E-state index in [1.165, 1.54) is 11.7 Å². The van der Waals surface area contributed by atoms with Crippen molar-refractivity contribution in [3.05, 3.63) is 84.8 Å². The summed E-state index contributed by atoms with van der Waals surface area (Å²) < 4.78 is 18.0. The van der Waals surface area contributed by atoms with E-state index in [0.29, 0.717) is 33.7 Å². The van der Waals surface area contributed by atoms with Gasteiger partial charge in [-0.3, -0.25) is 9.36 Å². The van der Waals surface area contributed by atoms with Crippen molar-refractivity contribution in [3.8, 4) is 17.6 Å². The molecule has 1 aromatic heterocycles. The number of allylic oxidation sites excluding steroid dienone is 1. The molecule has 0 bridgehead atoms. The molecule has 3 aromatic rings. The van der Waals surface area contributed by atoms with Gasteiger partial charge in [-0.1, -0.05) is 24.3 Å². The van der Waals surface area contributed by atoms with Crippen LogP contribution in [0.5, 0.6) is 11.5 Å². The van der Waals surface area contributed by atoms with Crippen LogP contribution in [-0.2, 0) is 9.53 Å². The number of aromatic nitrogens is 1. The number of hydrogen-bond acceptors (Lipinski definition) is 8. The summed E-state index contributed by atoms with van der Waals surface area (Å²) >= 11 is 1.13. The van der Waals surface area contributed by atoms with E-state index in [4.69, 9.17) is 19.9 Å². The Balaban J connectivity index is 1.96. The van der Waals surface area contributed by atoms with Crippen LogP contribution in [0.1, 0.15) is 30.9 Å². The summed E-state index contributed by atoms with van der Waals surface area (Å²) in [5.74, 6) is -0.0625. The summed E-state index contributed by atoms with van der Waals surface area (Å²) in [6.45, 7) is 4.85. The highest BCUT2D eigenvalue weighted by atomic mass is 32.1. The first-order chi connectivity index (χ1) is 17.4. The number of carbonyl (C=O) groups is 1. The molecule has 2 N–H and O–H groups in total. The van der Waals surface area contributed by atoms with Gasteiger partial charge in [0.2, 0.25) is 0 Å². The van der Waals surface area contributed by atoms with Crippen molar-refractivity contribution in [2.45, 2.75) is 19.8 Å². The van der Waals surface area contributed by atoms with Crippen LogP contribution in [0.25, 0.3) is 17.5 Å². The minimum Gasteiger partial charge on any atom is -0.494 e. The number of nitrogens with zero attached hydrogens (tertiary/aromatic N) is 2. The van der Waals surface area contributed by atoms with E-state index in [1.54, 1.807) is 30.3 Å². The van der Waals surface area contributed by atoms with Gasteiger partial charge >= 0.3 is 5.97 Å². The second-order valence-corrected chi connectivity index (χ2v) is 8.84. The summed E-state index contributed by atoms with van der Waals surface area (Å²) in [4.78, 5) is 26.4. The molecule has 0 saturated carbocycles.